The van der Waals surface area contributed by atoms with Gasteiger partial charge < -0.3 is 33.8 Å². The van der Waals surface area contributed by atoms with Crippen molar-refractivity contribution in [2.45, 2.75) is 290 Å². The summed E-state index contributed by atoms with van der Waals surface area (Å²) in [5.41, 5.74) is 0. The molecule has 0 aliphatic rings. The average molecular weight is 1470 g/mol. The van der Waals surface area contributed by atoms with Gasteiger partial charge in [0.2, 0.25) is 0 Å². The van der Waals surface area contributed by atoms with Crippen molar-refractivity contribution in [1.29, 1.82) is 0 Å². The van der Waals surface area contributed by atoms with Gasteiger partial charge in [-0.2, -0.15) is 0 Å². The Morgan fingerprint density at radius 3 is 0.755 bits per heavy atom. The van der Waals surface area contributed by atoms with Crippen LogP contribution >= 0.6 is 15.6 Å². The molecular weight excluding hydrogens is 1330 g/mol. The second-order valence-electron chi connectivity index (χ2n) is 24.8. The molecule has 3 N–H and O–H groups in total. The Balaban J connectivity index is 5.46. The van der Waals surface area contributed by atoms with E-state index in [4.69, 9.17) is 37.0 Å². The first-order valence-corrected chi connectivity index (χ1v) is 41.4. The number of hydrogen-bond acceptors (Lipinski definition) is 15. The molecule has 102 heavy (non-hydrogen) atoms. The van der Waals surface area contributed by atoms with Crippen LogP contribution in [0.3, 0.4) is 0 Å². The number of hydrogen-bond donors (Lipinski definition) is 3. The van der Waals surface area contributed by atoms with Crippen molar-refractivity contribution in [3.8, 4) is 0 Å². The number of phosphoric ester groups is 2. The molecule has 19 heteroatoms. The van der Waals surface area contributed by atoms with Crippen LogP contribution in [0.2, 0.25) is 0 Å². The highest BCUT2D eigenvalue weighted by Crippen LogP contribution is 2.45. The highest BCUT2D eigenvalue weighted by molar-refractivity contribution is 7.47. The number of carbonyl (C=O) groups excluding carboxylic acids is 4. The maximum atomic E-state index is 13.1. The topological polar surface area (TPSA) is 237 Å². The summed E-state index contributed by atoms with van der Waals surface area (Å²) >= 11 is 0. The van der Waals surface area contributed by atoms with Gasteiger partial charge in [0.1, 0.15) is 19.3 Å². The molecule has 0 fully saturated rings. The van der Waals surface area contributed by atoms with Crippen molar-refractivity contribution in [2.24, 2.45) is 0 Å². The molecule has 0 heterocycles. The molecule has 0 aromatic carbocycles. The number of allylic oxidation sites excluding steroid dienone is 28. The summed E-state index contributed by atoms with van der Waals surface area (Å²) in [5, 5.41) is 10.6. The quantitative estimate of drug-likeness (QED) is 0.0169. The Hall–Kier alpha value is -5.58. The third kappa shape index (κ3) is 72.8. The number of unbranched alkanes of at least 4 members (excludes halogenated alkanes) is 16. The number of carbonyl (C=O) groups is 4. The first-order chi connectivity index (χ1) is 49.7. The lowest BCUT2D eigenvalue weighted by molar-refractivity contribution is -0.161. The molecule has 0 saturated carbocycles. The van der Waals surface area contributed by atoms with Gasteiger partial charge in [0.25, 0.3) is 0 Å². The number of esters is 4. The number of phosphoric acid groups is 2. The van der Waals surface area contributed by atoms with E-state index >= 15 is 0 Å². The van der Waals surface area contributed by atoms with Crippen molar-refractivity contribution >= 4 is 39.5 Å². The van der Waals surface area contributed by atoms with Gasteiger partial charge in [-0.3, -0.25) is 37.3 Å². The van der Waals surface area contributed by atoms with E-state index in [-0.39, 0.29) is 25.7 Å². The van der Waals surface area contributed by atoms with Crippen molar-refractivity contribution in [2.75, 3.05) is 39.6 Å². The van der Waals surface area contributed by atoms with Crippen molar-refractivity contribution in [3.05, 3.63) is 170 Å². The molecule has 0 bridgehead atoms. The predicted octanol–water partition coefficient (Wildman–Crippen LogP) is 22.2. The lowest BCUT2D eigenvalue weighted by atomic mass is 10.1. The average Bonchev–Trinajstić information content (AvgIpc) is 0.923. The van der Waals surface area contributed by atoms with Gasteiger partial charge in [-0.05, 0) is 167 Å². The monoisotopic (exact) mass is 1460 g/mol. The normalized spacial score (nSPS) is 14.9. The summed E-state index contributed by atoms with van der Waals surface area (Å²) in [5.74, 6) is -2.30. The fraction of sp³-hybridized carbons (Fsp3) is 0.614. The van der Waals surface area contributed by atoms with E-state index in [0.29, 0.717) is 25.7 Å². The summed E-state index contributed by atoms with van der Waals surface area (Å²) in [7, 11) is -10.00. The first kappa shape index (κ1) is 96.4. The van der Waals surface area contributed by atoms with E-state index in [1.807, 2.05) is 0 Å². The van der Waals surface area contributed by atoms with Crippen LogP contribution in [0, 0.1) is 0 Å². The molecule has 0 aliphatic heterocycles. The molecular formula is C83H134O17P2. The molecule has 0 aromatic rings. The van der Waals surface area contributed by atoms with Crippen LogP contribution < -0.4 is 0 Å². The zero-order valence-corrected chi connectivity index (χ0v) is 64.8. The van der Waals surface area contributed by atoms with Crippen LogP contribution in [0.1, 0.15) is 272 Å². The summed E-state index contributed by atoms with van der Waals surface area (Å²) in [4.78, 5) is 72.9. The Morgan fingerprint density at radius 1 is 0.275 bits per heavy atom. The minimum Gasteiger partial charge on any atom is -0.462 e. The van der Waals surface area contributed by atoms with E-state index in [0.717, 1.165) is 193 Å². The standard InChI is InChI=1S/C83H134O17P2/c1-5-9-13-17-21-25-29-33-37-38-42-44-48-52-56-60-64-68-81(86)94-74-79(100-83(88)70-66-62-58-54-50-46-41-36-32-28-24-20-16-12-8-4)76-98-102(91,92)96-72-77(84)71-95-101(89,90)97-75-78(99-82(87)69-65-61-57-53-49-45-40-35-31-27-23-19-15-11-7-3)73-93-80(85)67-63-59-55-51-47-43-39-34-30-26-22-18-14-10-6-2/h9-16,21-28,33-37,39-42,44,47,51,77-79,84H,5-8,17-20,29-32,38,43,45-46,48-50,52-76H2,1-4H3,(H,89,90)(H,91,92)/b13-9-,14-10-,15-11-,16-12-,25-21-,26-22-,27-23-,28-24-,37-33-,39-34-,40-35-,41-36-,44-42-,51-47-. The fourth-order valence-electron chi connectivity index (χ4n) is 9.46. The van der Waals surface area contributed by atoms with E-state index in [1.165, 1.54) is 0 Å². The van der Waals surface area contributed by atoms with Gasteiger partial charge in [0.05, 0.1) is 26.4 Å². The van der Waals surface area contributed by atoms with Crippen molar-refractivity contribution in [1.82, 2.24) is 0 Å². The van der Waals surface area contributed by atoms with Gasteiger partial charge in [-0.1, -0.05) is 249 Å². The zero-order valence-electron chi connectivity index (χ0n) is 63.0. The van der Waals surface area contributed by atoms with Gasteiger partial charge in [0, 0.05) is 25.7 Å². The van der Waals surface area contributed by atoms with E-state index < -0.39 is 97.5 Å². The third-order valence-electron chi connectivity index (χ3n) is 15.2. The van der Waals surface area contributed by atoms with Crippen LogP contribution in [0.5, 0.6) is 0 Å². The Morgan fingerprint density at radius 2 is 0.480 bits per heavy atom. The summed E-state index contributed by atoms with van der Waals surface area (Å²) in [6, 6.07) is 0. The maximum absolute atomic E-state index is 13.1. The number of ether oxygens (including phenoxy) is 4. The summed E-state index contributed by atoms with van der Waals surface area (Å²) < 4.78 is 68.4. The van der Waals surface area contributed by atoms with Crippen molar-refractivity contribution < 1.29 is 80.2 Å². The highest BCUT2D eigenvalue weighted by atomic mass is 31.2. The minimum absolute atomic E-state index is 0.0595. The SMILES string of the molecule is CC/C=C\C/C=C\C/C=C\C/C=C\CCCCCCC(=O)OCC(COP(=O)(O)OCC(O)COP(=O)(O)OCC(COC(=O)CCCC/C=C\C/C=C\C/C=C\C/C=C\CC)OC(=O)CCCCCCC/C=C\C/C=C\C/C=C\CC)OC(=O)CCCCCCC/C=C\C/C=C\C/C=C\CC. The van der Waals surface area contributed by atoms with Crippen LogP contribution in [-0.4, -0.2) is 96.7 Å². The number of aliphatic hydroxyl groups excluding tert-OH is 1. The molecule has 0 rings (SSSR count). The zero-order chi connectivity index (χ0) is 74.6. The molecule has 0 radical (unpaired) electrons. The van der Waals surface area contributed by atoms with Crippen LogP contribution in [0.25, 0.3) is 0 Å². The van der Waals surface area contributed by atoms with E-state index in [9.17, 15) is 43.2 Å². The second kappa shape index (κ2) is 73.7. The Kier molecular flexibility index (Phi) is 69.7. The molecule has 5 atom stereocenters. The number of rotatable bonds is 70. The molecule has 5 unspecified atom stereocenters. The molecule has 0 aromatic heterocycles. The van der Waals surface area contributed by atoms with Crippen LogP contribution in [-0.2, 0) is 65.4 Å². The predicted molar refractivity (Wildman–Crippen MR) is 417 cm³/mol. The van der Waals surface area contributed by atoms with Gasteiger partial charge in [0.15, 0.2) is 12.2 Å². The van der Waals surface area contributed by atoms with Crippen LogP contribution in [0.15, 0.2) is 170 Å². The molecule has 17 nitrogen and oxygen atoms in total. The van der Waals surface area contributed by atoms with E-state index in [1.54, 1.807) is 0 Å². The van der Waals surface area contributed by atoms with Gasteiger partial charge in [-0.15, -0.1) is 0 Å². The number of aliphatic hydroxyl groups is 1. The first-order valence-electron chi connectivity index (χ1n) is 38.4. The van der Waals surface area contributed by atoms with E-state index in [2.05, 4.69) is 198 Å². The second-order valence-corrected chi connectivity index (χ2v) is 27.7. The van der Waals surface area contributed by atoms with Crippen molar-refractivity contribution in [3.63, 3.8) is 0 Å². The largest absolute Gasteiger partial charge is 0.472 e. The summed E-state index contributed by atoms with van der Waals surface area (Å²) in [6.45, 7) is 4.28. The Bertz CT molecular complexity index is 2600. The maximum Gasteiger partial charge on any atom is 0.472 e. The summed E-state index contributed by atoms with van der Waals surface area (Å²) in [6.07, 6.45) is 86.3. The van der Waals surface area contributed by atoms with Crippen LogP contribution in [0.4, 0.5) is 0 Å². The smallest absolute Gasteiger partial charge is 0.462 e. The highest BCUT2D eigenvalue weighted by Gasteiger charge is 2.30. The van der Waals surface area contributed by atoms with Gasteiger partial charge in [-0.25, -0.2) is 9.13 Å². The lowest BCUT2D eigenvalue weighted by Gasteiger charge is -2.21. The molecule has 0 spiro atoms. The molecule has 0 aliphatic carbocycles. The molecule has 0 saturated heterocycles. The fourth-order valence-corrected chi connectivity index (χ4v) is 11.0. The Labute approximate surface area is 616 Å². The van der Waals surface area contributed by atoms with Gasteiger partial charge >= 0.3 is 39.5 Å². The lowest BCUT2D eigenvalue weighted by Crippen LogP contribution is -2.30. The molecule has 578 valence electrons. The third-order valence-corrected chi connectivity index (χ3v) is 17.1. The molecule has 0 amide bonds. The minimum atomic E-state index is -5.00.